The third-order valence-electron chi connectivity index (χ3n) is 3.43. The normalized spacial score (nSPS) is 11.3. The first-order valence-electron chi connectivity index (χ1n) is 7.43. The highest BCUT2D eigenvalue weighted by Crippen LogP contribution is 2.24. The van der Waals surface area contributed by atoms with E-state index in [0.717, 1.165) is 5.56 Å². The number of para-hydroxylation sites is 1. The number of halogens is 1. The maximum absolute atomic E-state index is 12.4. The second-order valence-corrected chi connectivity index (χ2v) is 8.43. The average Bonchev–Trinajstić information content (AvgIpc) is 2.54. The van der Waals surface area contributed by atoms with Crippen molar-refractivity contribution in [2.24, 2.45) is 0 Å². The first kappa shape index (κ1) is 18.3. The van der Waals surface area contributed by atoms with E-state index in [1.54, 1.807) is 56.3 Å². The number of hydrogen-bond acceptors (Lipinski definition) is 3. The maximum atomic E-state index is 12.4. The van der Waals surface area contributed by atoms with Gasteiger partial charge in [-0.2, -0.15) is 0 Å². The van der Waals surface area contributed by atoms with Gasteiger partial charge in [0, 0.05) is 11.6 Å². The van der Waals surface area contributed by atoms with E-state index in [4.69, 9.17) is 11.6 Å². The predicted octanol–water partition coefficient (Wildman–Crippen LogP) is 3.84. The topological polar surface area (TPSA) is 75.3 Å². The van der Waals surface area contributed by atoms with Crippen LogP contribution in [0.2, 0.25) is 5.02 Å². The summed E-state index contributed by atoms with van der Waals surface area (Å²) in [6.45, 7) is 3.52. The summed E-state index contributed by atoms with van der Waals surface area (Å²) in [6, 6.07) is 13.0. The third kappa shape index (κ3) is 4.49. The number of carbonyl (C=O) groups excluding carboxylic acids is 1. The smallest absolute Gasteiger partial charge is 0.319 e. The van der Waals surface area contributed by atoms with E-state index in [1.807, 2.05) is 0 Å². The minimum Gasteiger partial charge on any atom is -0.334 e. The number of benzene rings is 2. The summed E-state index contributed by atoms with van der Waals surface area (Å²) >= 11 is 5.81. The molecule has 0 radical (unpaired) electrons. The minimum atomic E-state index is -3.48. The monoisotopic (exact) mass is 366 g/mol. The molecule has 0 aromatic heterocycles. The Hall–Kier alpha value is -2.05. The molecule has 0 saturated heterocycles. The van der Waals surface area contributed by atoms with Crippen LogP contribution in [-0.2, 0) is 16.4 Å². The highest BCUT2D eigenvalue weighted by molar-refractivity contribution is 7.92. The fourth-order valence-electron chi connectivity index (χ4n) is 2.02. The molecule has 24 heavy (non-hydrogen) atoms. The van der Waals surface area contributed by atoms with Crippen LogP contribution in [0.4, 0.5) is 10.5 Å². The average molecular weight is 367 g/mol. The lowest BCUT2D eigenvalue weighted by molar-refractivity contribution is 0.251. The zero-order chi connectivity index (χ0) is 17.7. The molecule has 5 nitrogen and oxygen atoms in total. The number of amides is 2. The lowest BCUT2D eigenvalue weighted by Gasteiger charge is -2.14. The Morgan fingerprint density at radius 1 is 1.08 bits per heavy atom. The van der Waals surface area contributed by atoms with Gasteiger partial charge in [0.05, 0.1) is 15.8 Å². The van der Waals surface area contributed by atoms with E-state index >= 15 is 0 Å². The summed E-state index contributed by atoms with van der Waals surface area (Å²) in [6.07, 6.45) is 0. The van der Waals surface area contributed by atoms with Gasteiger partial charge in [0.2, 0.25) is 0 Å². The molecule has 2 N–H and O–H groups in total. The van der Waals surface area contributed by atoms with Crippen molar-refractivity contribution in [1.29, 1.82) is 0 Å². The number of carbonyl (C=O) groups is 1. The van der Waals surface area contributed by atoms with Gasteiger partial charge in [-0.15, -0.1) is 0 Å². The van der Waals surface area contributed by atoms with Crippen molar-refractivity contribution in [3.8, 4) is 0 Å². The van der Waals surface area contributed by atoms with Crippen LogP contribution in [0.3, 0.4) is 0 Å². The van der Waals surface area contributed by atoms with Gasteiger partial charge in [-0.3, -0.25) is 0 Å². The molecule has 128 valence electrons. The molecule has 0 aliphatic rings. The quantitative estimate of drug-likeness (QED) is 0.844. The predicted molar refractivity (Wildman–Crippen MR) is 96.1 cm³/mol. The van der Waals surface area contributed by atoms with Crippen molar-refractivity contribution in [2.75, 3.05) is 5.32 Å². The first-order valence-corrected chi connectivity index (χ1v) is 9.35. The summed E-state index contributed by atoms with van der Waals surface area (Å²) in [4.78, 5) is 12.2. The van der Waals surface area contributed by atoms with Gasteiger partial charge in [0.1, 0.15) is 0 Å². The number of nitrogens with one attached hydrogen (secondary N) is 2. The highest BCUT2D eigenvalue weighted by Gasteiger charge is 2.23. The molecular formula is C17H19ClN2O3S. The van der Waals surface area contributed by atoms with Crippen LogP contribution < -0.4 is 10.6 Å². The van der Waals surface area contributed by atoms with Gasteiger partial charge in [-0.1, -0.05) is 35.9 Å². The van der Waals surface area contributed by atoms with Crippen molar-refractivity contribution < 1.29 is 13.2 Å². The van der Waals surface area contributed by atoms with E-state index in [9.17, 15) is 13.2 Å². The minimum absolute atomic E-state index is 0.113. The van der Waals surface area contributed by atoms with Gasteiger partial charge < -0.3 is 10.6 Å². The summed E-state index contributed by atoms with van der Waals surface area (Å²) in [5.41, 5.74) is 1.15. The van der Waals surface area contributed by atoms with Crippen molar-refractivity contribution in [2.45, 2.75) is 30.5 Å². The van der Waals surface area contributed by atoms with Crippen LogP contribution in [0.15, 0.2) is 53.4 Å². The SMILES string of the molecule is CC(C)S(=O)(=O)c1ccccc1NC(=O)NCc1ccc(Cl)cc1. The zero-order valence-electron chi connectivity index (χ0n) is 13.4. The number of sulfone groups is 1. The molecule has 2 amide bonds. The van der Waals surface area contributed by atoms with Crippen molar-refractivity contribution >= 4 is 33.2 Å². The Morgan fingerprint density at radius 2 is 1.71 bits per heavy atom. The molecule has 2 aromatic carbocycles. The van der Waals surface area contributed by atoms with Crippen LogP contribution in [0, 0.1) is 0 Å². The fourth-order valence-corrected chi connectivity index (χ4v) is 3.35. The van der Waals surface area contributed by atoms with Crippen LogP contribution in [0.1, 0.15) is 19.4 Å². The van der Waals surface area contributed by atoms with Crippen molar-refractivity contribution in [3.63, 3.8) is 0 Å². The number of rotatable bonds is 5. The molecule has 0 spiro atoms. The van der Waals surface area contributed by atoms with Gasteiger partial charge >= 0.3 is 6.03 Å². The molecule has 0 aliphatic carbocycles. The largest absolute Gasteiger partial charge is 0.334 e. The Labute approximate surface area is 147 Å². The molecular weight excluding hydrogens is 348 g/mol. The molecule has 0 aliphatic heterocycles. The number of urea groups is 1. The van der Waals surface area contributed by atoms with E-state index in [1.165, 1.54) is 6.07 Å². The van der Waals surface area contributed by atoms with E-state index in [-0.39, 0.29) is 10.6 Å². The Bertz CT molecular complexity index is 818. The van der Waals surface area contributed by atoms with E-state index in [0.29, 0.717) is 11.6 Å². The van der Waals surface area contributed by atoms with Gasteiger partial charge in [0.15, 0.2) is 9.84 Å². The Balaban J connectivity index is 2.08. The molecule has 0 bridgehead atoms. The van der Waals surface area contributed by atoms with Crippen LogP contribution in [0.5, 0.6) is 0 Å². The van der Waals surface area contributed by atoms with Crippen molar-refractivity contribution in [1.82, 2.24) is 5.32 Å². The molecule has 7 heteroatoms. The zero-order valence-corrected chi connectivity index (χ0v) is 15.0. The third-order valence-corrected chi connectivity index (χ3v) is 5.89. The van der Waals surface area contributed by atoms with E-state index < -0.39 is 21.1 Å². The summed E-state index contributed by atoms with van der Waals surface area (Å²) in [5.74, 6) is 0. The molecule has 0 unspecified atom stereocenters. The van der Waals surface area contributed by atoms with Crippen LogP contribution in [0.25, 0.3) is 0 Å². The summed E-state index contributed by atoms with van der Waals surface area (Å²) < 4.78 is 24.7. The fraction of sp³-hybridized carbons (Fsp3) is 0.235. The van der Waals surface area contributed by atoms with Gasteiger partial charge in [-0.05, 0) is 43.7 Å². The lowest BCUT2D eigenvalue weighted by Crippen LogP contribution is -2.29. The van der Waals surface area contributed by atoms with Crippen molar-refractivity contribution in [3.05, 3.63) is 59.1 Å². The molecule has 2 aromatic rings. The standard InChI is InChI=1S/C17H19ClN2O3S/c1-12(2)24(22,23)16-6-4-3-5-15(16)20-17(21)19-11-13-7-9-14(18)10-8-13/h3-10,12H,11H2,1-2H3,(H2,19,20,21). The van der Waals surface area contributed by atoms with Gasteiger partial charge in [-0.25, -0.2) is 13.2 Å². The number of anilines is 1. The second kappa shape index (κ2) is 7.68. The molecule has 0 fully saturated rings. The summed E-state index contributed by atoms with van der Waals surface area (Å²) in [7, 11) is -3.48. The molecule has 0 atom stereocenters. The van der Waals surface area contributed by atoms with Gasteiger partial charge in [0.25, 0.3) is 0 Å². The number of hydrogen-bond donors (Lipinski definition) is 2. The highest BCUT2D eigenvalue weighted by atomic mass is 35.5. The Kier molecular flexibility index (Phi) is 5.85. The van der Waals surface area contributed by atoms with Crippen LogP contribution >= 0.6 is 11.6 Å². The Morgan fingerprint density at radius 3 is 2.33 bits per heavy atom. The molecule has 2 rings (SSSR count). The molecule has 0 heterocycles. The molecule has 0 saturated carbocycles. The lowest BCUT2D eigenvalue weighted by atomic mass is 10.2. The second-order valence-electron chi connectivity index (χ2n) is 5.52. The van der Waals surface area contributed by atoms with E-state index in [2.05, 4.69) is 10.6 Å². The summed E-state index contributed by atoms with van der Waals surface area (Å²) in [5, 5.41) is 5.33. The first-order chi connectivity index (χ1) is 11.3. The van der Waals surface area contributed by atoms with Crippen LogP contribution in [-0.4, -0.2) is 19.7 Å². The maximum Gasteiger partial charge on any atom is 0.319 e.